The second-order valence-corrected chi connectivity index (χ2v) is 10.3. The van der Waals surface area contributed by atoms with Crippen LogP contribution in [0.25, 0.3) is 17.0 Å². The third-order valence-electron chi connectivity index (χ3n) is 5.86. The SMILES string of the molecule is COc1cc2c(cc1S(=O)(=O)C1CCOCC1)C=CCN2c1n[nH]c2ccc(Cl)cc12. The van der Waals surface area contributed by atoms with Gasteiger partial charge < -0.3 is 14.4 Å². The summed E-state index contributed by atoms with van der Waals surface area (Å²) in [5.74, 6) is 1.06. The molecule has 0 atom stereocenters. The van der Waals surface area contributed by atoms with Gasteiger partial charge in [-0.05, 0) is 42.7 Å². The first-order valence-electron chi connectivity index (χ1n) is 10.1. The van der Waals surface area contributed by atoms with Gasteiger partial charge in [0.05, 0.1) is 23.6 Å². The topological polar surface area (TPSA) is 84.5 Å². The quantitative estimate of drug-likeness (QED) is 0.624. The number of fused-ring (bicyclic) bond motifs is 2. The van der Waals surface area contributed by atoms with Crippen LogP contribution in [0.15, 0.2) is 41.3 Å². The summed E-state index contributed by atoms with van der Waals surface area (Å²) in [5.41, 5.74) is 2.51. The van der Waals surface area contributed by atoms with Gasteiger partial charge in [-0.25, -0.2) is 8.42 Å². The molecule has 0 radical (unpaired) electrons. The number of benzene rings is 2. The number of anilines is 2. The van der Waals surface area contributed by atoms with Crippen LogP contribution in [0.2, 0.25) is 5.02 Å². The monoisotopic (exact) mass is 459 g/mol. The van der Waals surface area contributed by atoms with E-state index in [0.29, 0.717) is 43.4 Å². The summed E-state index contributed by atoms with van der Waals surface area (Å²) in [5, 5.41) is 8.59. The number of ether oxygens (including phenoxy) is 2. The van der Waals surface area contributed by atoms with Crippen LogP contribution in [0.1, 0.15) is 18.4 Å². The van der Waals surface area contributed by atoms with Crippen molar-refractivity contribution in [2.45, 2.75) is 23.0 Å². The fraction of sp³-hybridized carbons (Fsp3) is 0.318. The lowest BCUT2D eigenvalue weighted by molar-refractivity contribution is 0.0983. The van der Waals surface area contributed by atoms with Gasteiger partial charge in [0.1, 0.15) is 10.6 Å². The molecular weight excluding hydrogens is 438 g/mol. The molecule has 0 amide bonds. The standard InChI is InChI=1S/C22H22ClN3O4S/c1-29-20-13-19-14(11-21(20)31(27,28)16-6-9-30-10-7-16)3-2-8-26(19)22-17-12-15(23)4-5-18(17)24-25-22/h2-5,11-13,16H,6-10H2,1H3,(H,24,25). The van der Waals surface area contributed by atoms with E-state index in [1.807, 2.05) is 35.3 Å². The Morgan fingerprint density at radius 2 is 2.03 bits per heavy atom. The highest BCUT2D eigenvalue weighted by Crippen LogP contribution is 2.41. The van der Waals surface area contributed by atoms with Crippen LogP contribution >= 0.6 is 11.6 Å². The summed E-state index contributed by atoms with van der Waals surface area (Å²) in [6, 6.07) is 9.07. The maximum Gasteiger partial charge on any atom is 0.185 e. The fourth-order valence-electron chi connectivity index (χ4n) is 4.24. The van der Waals surface area contributed by atoms with Gasteiger partial charge in [-0.3, -0.25) is 5.10 Å². The zero-order valence-corrected chi connectivity index (χ0v) is 18.5. The summed E-state index contributed by atoms with van der Waals surface area (Å²) in [6.07, 6.45) is 4.91. The number of sulfone groups is 1. The Balaban J connectivity index is 1.62. The number of hydrogen-bond acceptors (Lipinski definition) is 6. The van der Waals surface area contributed by atoms with Gasteiger partial charge in [0.2, 0.25) is 0 Å². The Morgan fingerprint density at radius 3 is 2.81 bits per heavy atom. The van der Waals surface area contributed by atoms with Gasteiger partial charge >= 0.3 is 0 Å². The van der Waals surface area contributed by atoms with Crippen LogP contribution in [0.4, 0.5) is 11.5 Å². The molecule has 1 aromatic heterocycles. The van der Waals surface area contributed by atoms with Crippen LogP contribution in [0.5, 0.6) is 5.75 Å². The predicted molar refractivity (Wildman–Crippen MR) is 121 cm³/mol. The number of hydrogen-bond donors (Lipinski definition) is 1. The third kappa shape index (κ3) is 3.48. The Bertz CT molecular complexity index is 1280. The molecular formula is C22H22ClN3O4S. The molecule has 0 saturated carbocycles. The van der Waals surface area contributed by atoms with Gasteiger partial charge in [-0.15, -0.1) is 0 Å². The van der Waals surface area contributed by atoms with Crippen molar-refractivity contribution in [2.75, 3.05) is 31.8 Å². The second kappa shape index (κ2) is 7.85. The Morgan fingerprint density at radius 1 is 1.23 bits per heavy atom. The predicted octanol–water partition coefficient (Wildman–Crippen LogP) is 4.34. The minimum atomic E-state index is -3.55. The number of nitrogens with zero attached hydrogens (tertiary/aromatic N) is 2. The number of halogens is 1. The van der Waals surface area contributed by atoms with Crippen LogP contribution in [0.3, 0.4) is 0 Å². The maximum absolute atomic E-state index is 13.4. The van der Waals surface area contributed by atoms with E-state index in [1.165, 1.54) is 7.11 Å². The zero-order chi connectivity index (χ0) is 21.6. The van der Waals surface area contributed by atoms with Gasteiger partial charge in [-0.1, -0.05) is 23.8 Å². The van der Waals surface area contributed by atoms with Crippen molar-refractivity contribution in [3.05, 3.63) is 47.0 Å². The molecule has 1 saturated heterocycles. The molecule has 2 aliphatic rings. The molecule has 3 heterocycles. The van der Waals surface area contributed by atoms with Crippen LogP contribution in [0, 0.1) is 0 Å². The van der Waals surface area contributed by atoms with E-state index in [1.54, 1.807) is 12.1 Å². The van der Waals surface area contributed by atoms with Gasteiger partial charge in [0.15, 0.2) is 15.7 Å². The third-order valence-corrected chi connectivity index (χ3v) is 8.38. The molecule has 7 nitrogen and oxygen atoms in total. The van der Waals surface area contributed by atoms with Crippen LogP contribution in [-0.2, 0) is 14.6 Å². The van der Waals surface area contributed by atoms with E-state index in [2.05, 4.69) is 10.2 Å². The van der Waals surface area contributed by atoms with Crippen molar-refractivity contribution in [1.29, 1.82) is 0 Å². The first-order valence-corrected chi connectivity index (χ1v) is 12.0. The van der Waals surface area contributed by atoms with E-state index in [-0.39, 0.29) is 4.90 Å². The number of rotatable bonds is 4. The van der Waals surface area contributed by atoms with E-state index >= 15 is 0 Å². The molecule has 162 valence electrons. The maximum atomic E-state index is 13.4. The summed E-state index contributed by atoms with van der Waals surface area (Å²) in [4.78, 5) is 2.25. The first kappa shape index (κ1) is 20.4. The highest BCUT2D eigenvalue weighted by molar-refractivity contribution is 7.92. The highest BCUT2D eigenvalue weighted by Gasteiger charge is 2.33. The zero-order valence-electron chi connectivity index (χ0n) is 17.0. The van der Waals surface area contributed by atoms with E-state index < -0.39 is 15.1 Å². The molecule has 2 aromatic carbocycles. The van der Waals surface area contributed by atoms with Gasteiger partial charge in [0.25, 0.3) is 0 Å². The Hall–Kier alpha value is -2.55. The van der Waals surface area contributed by atoms with E-state index in [9.17, 15) is 8.42 Å². The molecule has 9 heteroatoms. The van der Waals surface area contributed by atoms with Crippen molar-refractivity contribution in [3.8, 4) is 5.75 Å². The average molecular weight is 460 g/mol. The van der Waals surface area contributed by atoms with Crippen molar-refractivity contribution in [3.63, 3.8) is 0 Å². The van der Waals surface area contributed by atoms with Crippen LogP contribution < -0.4 is 9.64 Å². The molecule has 1 fully saturated rings. The first-order chi connectivity index (χ1) is 15.0. The van der Waals surface area contributed by atoms with E-state index in [4.69, 9.17) is 21.1 Å². The minimum Gasteiger partial charge on any atom is -0.495 e. The lowest BCUT2D eigenvalue weighted by Gasteiger charge is -2.29. The Labute approximate surface area is 185 Å². The van der Waals surface area contributed by atoms with Crippen molar-refractivity contribution >= 4 is 49.9 Å². The minimum absolute atomic E-state index is 0.224. The molecule has 2 aliphatic heterocycles. The Kier molecular flexibility index (Phi) is 5.16. The molecule has 3 aromatic rings. The summed E-state index contributed by atoms with van der Waals surface area (Å²) in [7, 11) is -2.05. The number of aromatic nitrogens is 2. The normalized spacial score (nSPS) is 17.2. The largest absolute Gasteiger partial charge is 0.495 e. The van der Waals surface area contributed by atoms with Crippen molar-refractivity contribution in [1.82, 2.24) is 10.2 Å². The van der Waals surface area contributed by atoms with E-state index in [0.717, 1.165) is 28.0 Å². The summed E-state index contributed by atoms with van der Waals surface area (Å²) in [6.45, 7) is 1.51. The highest BCUT2D eigenvalue weighted by atomic mass is 35.5. The van der Waals surface area contributed by atoms with Crippen molar-refractivity contribution < 1.29 is 17.9 Å². The number of methoxy groups -OCH3 is 1. The van der Waals surface area contributed by atoms with Gasteiger partial charge in [0, 0.05) is 36.2 Å². The van der Waals surface area contributed by atoms with Crippen molar-refractivity contribution in [2.24, 2.45) is 0 Å². The molecule has 1 N–H and O–H groups in total. The second-order valence-electron chi connectivity index (χ2n) is 7.67. The lowest BCUT2D eigenvalue weighted by Crippen LogP contribution is -2.29. The molecule has 5 rings (SSSR count). The molecule has 0 bridgehead atoms. The smallest absolute Gasteiger partial charge is 0.185 e. The molecule has 0 spiro atoms. The number of H-pyrrole nitrogens is 1. The van der Waals surface area contributed by atoms with Gasteiger partial charge in [-0.2, -0.15) is 5.10 Å². The number of aromatic amines is 1. The summed E-state index contributed by atoms with van der Waals surface area (Å²) < 4.78 is 37.6. The lowest BCUT2D eigenvalue weighted by atomic mass is 10.1. The summed E-state index contributed by atoms with van der Waals surface area (Å²) >= 11 is 6.21. The molecule has 0 unspecified atom stereocenters. The fourth-order valence-corrected chi connectivity index (χ4v) is 6.30. The average Bonchev–Trinajstić information content (AvgIpc) is 3.21. The molecule has 0 aliphatic carbocycles. The molecule has 31 heavy (non-hydrogen) atoms. The number of nitrogens with one attached hydrogen (secondary N) is 1. The van der Waals surface area contributed by atoms with Crippen LogP contribution in [-0.4, -0.2) is 50.7 Å².